The van der Waals surface area contributed by atoms with Crippen LogP contribution in [-0.4, -0.2) is 0 Å². The maximum absolute atomic E-state index is 14.7. The summed E-state index contributed by atoms with van der Waals surface area (Å²) in [7, 11) is 0. The van der Waals surface area contributed by atoms with Crippen molar-refractivity contribution in [2.45, 2.75) is 70.4 Å². The molecule has 0 atom stereocenters. The van der Waals surface area contributed by atoms with E-state index in [1.807, 2.05) is 6.07 Å². The zero-order valence-electron chi connectivity index (χ0n) is 16.4. The summed E-state index contributed by atoms with van der Waals surface area (Å²) in [6.07, 6.45) is 5.38. The molecule has 152 valence electrons. The molecule has 2 aromatic rings. The molecule has 4 heteroatoms. The first-order valence-corrected chi connectivity index (χ1v) is 10.4. The number of halogens is 4. The summed E-state index contributed by atoms with van der Waals surface area (Å²) in [5.74, 6) is 0.833. The number of unbranched alkanes of at least 4 members (excludes halogenated alkanes) is 2. The Hall–Kier alpha value is -1.84. The van der Waals surface area contributed by atoms with E-state index in [0.29, 0.717) is 17.0 Å². The minimum atomic E-state index is -4.38. The molecule has 0 saturated heterocycles. The first kappa shape index (κ1) is 20.9. The number of hydrogen-bond donors (Lipinski definition) is 0. The smallest absolute Gasteiger partial charge is 0.206 e. The Bertz CT molecular complexity index is 753. The summed E-state index contributed by atoms with van der Waals surface area (Å²) in [5.41, 5.74) is 1.12. The molecule has 0 nitrogen and oxygen atoms in total. The molecule has 0 aromatic heterocycles. The minimum Gasteiger partial charge on any atom is -0.206 e. The highest BCUT2D eigenvalue weighted by Crippen LogP contribution is 2.39. The summed E-state index contributed by atoms with van der Waals surface area (Å²) in [5, 5.41) is 0. The molecule has 0 heterocycles. The van der Waals surface area contributed by atoms with Gasteiger partial charge in [0, 0.05) is 5.56 Å². The van der Waals surface area contributed by atoms with Crippen LogP contribution in [0.4, 0.5) is 17.6 Å². The zero-order valence-corrected chi connectivity index (χ0v) is 16.4. The molecule has 1 aliphatic carbocycles. The van der Waals surface area contributed by atoms with Gasteiger partial charge in [-0.3, -0.25) is 0 Å². The van der Waals surface area contributed by atoms with Crippen molar-refractivity contribution in [1.29, 1.82) is 0 Å². The van der Waals surface area contributed by atoms with Crippen LogP contribution in [-0.2, 0) is 6.18 Å². The van der Waals surface area contributed by atoms with Crippen LogP contribution in [0.1, 0.15) is 75.3 Å². The van der Waals surface area contributed by atoms with Gasteiger partial charge < -0.3 is 0 Å². The number of hydrogen-bond acceptors (Lipinski definition) is 0. The van der Waals surface area contributed by atoms with Gasteiger partial charge in [0.15, 0.2) is 0 Å². The highest BCUT2D eigenvalue weighted by atomic mass is 19.4. The van der Waals surface area contributed by atoms with E-state index in [9.17, 15) is 17.6 Å². The van der Waals surface area contributed by atoms with Gasteiger partial charge in [0.25, 0.3) is 0 Å². The molecule has 0 unspecified atom stereocenters. The molecule has 0 bridgehead atoms. The van der Waals surface area contributed by atoms with Crippen LogP contribution in [0, 0.1) is 11.7 Å². The molecule has 0 N–H and O–H groups in total. The van der Waals surface area contributed by atoms with Gasteiger partial charge >= 0.3 is 6.18 Å². The summed E-state index contributed by atoms with van der Waals surface area (Å²) in [6, 6.07) is 9.91. The Labute approximate surface area is 165 Å². The van der Waals surface area contributed by atoms with Gasteiger partial charge in [0.05, 0.1) is 5.56 Å². The quantitative estimate of drug-likeness (QED) is 0.342. The molecule has 1 fully saturated rings. The topological polar surface area (TPSA) is 0 Å². The van der Waals surface area contributed by atoms with Crippen LogP contribution in [0.15, 0.2) is 42.5 Å². The van der Waals surface area contributed by atoms with Crippen molar-refractivity contribution < 1.29 is 17.6 Å². The normalized spacial score (nSPS) is 20.3. The van der Waals surface area contributed by atoms with Gasteiger partial charge in [-0.05, 0) is 66.8 Å². The van der Waals surface area contributed by atoms with Crippen molar-refractivity contribution in [2.75, 3.05) is 0 Å². The number of rotatable bonds is 6. The summed E-state index contributed by atoms with van der Waals surface area (Å²) < 4.78 is 52.8. The predicted molar refractivity (Wildman–Crippen MR) is 106 cm³/mol. The average molecular weight is 392 g/mol. The summed E-state index contributed by atoms with van der Waals surface area (Å²) in [4.78, 5) is 0. The van der Waals surface area contributed by atoms with Crippen LogP contribution in [0.25, 0.3) is 11.1 Å². The largest absolute Gasteiger partial charge is 0.416 e. The minimum absolute atomic E-state index is 0.353. The van der Waals surface area contributed by atoms with Crippen LogP contribution in [0.3, 0.4) is 0 Å². The molecule has 3 rings (SSSR count). The second-order valence-corrected chi connectivity index (χ2v) is 8.03. The van der Waals surface area contributed by atoms with Crippen molar-refractivity contribution in [2.24, 2.45) is 5.92 Å². The Morgan fingerprint density at radius 3 is 2.14 bits per heavy atom. The Morgan fingerprint density at radius 2 is 1.57 bits per heavy atom. The predicted octanol–water partition coefficient (Wildman–Crippen LogP) is 8.37. The van der Waals surface area contributed by atoms with E-state index >= 15 is 0 Å². The van der Waals surface area contributed by atoms with E-state index in [4.69, 9.17) is 0 Å². The van der Waals surface area contributed by atoms with E-state index in [0.717, 1.165) is 36.5 Å². The van der Waals surface area contributed by atoms with Gasteiger partial charge in [0.2, 0.25) is 0 Å². The second kappa shape index (κ2) is 9.11. The highest BCUT2D eigenvalue weighted by molar-refractivity contribution is 5.65. The molecule has 1 saturated carbocycles. The molecule has 1 aliphatic rings. The monoisotopic (exact) mass is 392 g/mol. The lowest BCUT2D eigenvalue weighted by Crippen LogP contribution is -2.13. The third-order valence-corrected chi connectivity index (χ3v) is 6.05. The molecule has 0 amide bonds. The van der Waals surface area contributed by atoms with E-state index < -0.39 is 11.7 Å². The lowest BCUT2D eigenvalue weighted by atomic mass is 9.77. The number of alkyl halides is 3. The van der Waals surface area contributed by atoms with E-state index in [1.54, 1.807) is 12.1 Å². The van der Waals surface area contributed by atoms with Crippen molar-refractivity contribution in [3.8, 4) is 11.1 Å². The fourth-order valence-corrected chi connectivity index (χ4v) is 4.33. The van der Waals surface area contributed by atoms with E-state index in [1.165, 1.54) is 50.7 Å². The Morgan fingerprint density at radius 1 is 0.893 bits per heavy atom. The van der Waals surface area contributed by atoms with Gasteiger partial charge in [-0.25, -0.2) is 4.39 Å². The first-order valence-electron chi connectivity index (χ1n) is 10.4. The van der Waals surface area contributed by atoms with Gasteiger partial charge in [-0.2, -0.15) is 13.2 Å². The second-order valence-electron chi connectivity index (χ2n) is 8.03. The summed E-state index contributed by atoms with van der Waals surface area (Å²) in [6.45, 7) is 2.22. The van der Waals surface area contributed by atoms with Crippen molar-refractivity contribution in [3.05, 3.63) is 59.4 Å². The molecule has 2 aromatic carbocycles. The van der Waals surface area contributed by atoms with Crippen molar-refractivity contribution >= 4 is 0 Å². The Balaban J connectivity index is 1.65. The maximum atomic E-state index is 14.7. The maximum Gasteiger partial charge on any atom is 0.416 e. The van der Waals surface area contributed by atoms with Crippen LogP contribution in [0.2, 0.25) is 0 Å². The molecule has 28 heavy (non-hydrogen) atoms. The fraction of sp³-hybridized carbons (Fsp3) is 0.500. The highest BCUT2D eigenvalue weighted by Gasteiger charge is 2.30. The lowest BCUT2D eigenvalue weighted by Gasteiger charge is -2.29. The lowest BCUT2D eigenvalue weighted by molar-refractivity contribution is -0.137. The van der Waals surface area contributed by atoms with Crippen molar-refractivity contribution in [1.82, 2.24) is 0 Å². The van der Waals surface area contributed by atoms with Crippen LogP contribution < -0.4 is 0 Å². The fourth-order valence-electron chi connectivity index (χ4n) is 4.33. The summed E-state index contributed by atoms with van der Waals surface area (Å²) >= 11 is 0. The molecule has 0 radical (unpaired) electrons. The third-order valence-electron chi connectivity index (χ3n) is 6.05. The van der Waals surface area contributed by atoms with E-state index in [2.05, 4.69) is 6.92 Å². The third kappa shape index (κ3) is 5.15. The zero-order chi connectivity index (χ0) is 20.1. The van der Waals surface area contributed by atoms with Crippen LogP contribution >= 0.6 is 0 Å². The van der Waals surface area contributed by atoms with Gasteiger partial charge in [-0.1, -0.05) is 56.9 Å². The average Bonchev–Trinajstić information content (AvgIpc) is 2.68. The molecule has 0 spiro atoms. The Kier molecular flexibility index (Phi) is 6.79. The SMILES string of the molecule is CCCCC[C@H]1CC[C@H](c2ccc(-c3ccc(C(F)(F)F)cc3)c(F)c2)CC1. The standard InChI is InChI=1S/C24H28F4/c1-2-3-4-5-17-6-8-18(9-7-17)20-12-15-22(23(25)16-20)19-10-13-21(14-11-19)24(26,27)28/h10-18H,2-9H2,1H3/t17-,18-. The van der Waals surface area contributed by atoms with Crippen LogP contribution in [0.5, 0.6) is 0 Å². The first-order chi connectivity index (χ1) is 13.4. The van der Waals surface area contributed by atoms with E-state index in [-0.39, 0.29) is 5.82 Å². The van der Waals surface area contributed by atoms with Gasteiger partial charge in [-0.15, -0.1) is 0 Å². The number of benzene rings is 2. The van der Waals surface area contributed by atoms with Gasteiger partial charge in [0.1, 0.15) is 5.82 Å². The molecular formula is C24H28F4. The van der Waals surface area contributed by atoms with Crippen molar-refractivity contribution in [3.63, 3.8) is 0 Å². The molecular weight excluding hydrogens is 364 g/mol. The molecule has 0 aliphatic heterocycles.